The highest BCUT2D eigenvalue weighted by Gasteiger charge is 2.20. The molecule has 4 heteroatoms. The van der Waals surface area contributed by atoms with Crippen LogP contribution in [-0.4, -0.2) is 12.5 Å². The average Bonchev–Trinajstić information content (AvgIpc) is 2.91. The summed E-state index contributed by atoms with van der Waals surface area (Å²) in [7, 11) is 0. The van der Waals surface area contributed by atoms with Gasteiger partial charge in [-0.05, 0) is 43.2 Å². The molecule has 0 unspecified atom stereocenters. The van der Waals surface area contributed by atoms with Crippen molar-refractivity contribution < 1.29 is 9.21 Å². The van der Waals surface area contributed by atoms with Gasteiger partial charge in [0.2, 0.25) is 5.76 Å². The molecular weight excluding hydrogens is 288 g/mol. The largest absolute Gasteiger partial charge is 0.449 e. The van der Waals surface area contributed by atoms with E-state index in [-0.39, 0.29) is 5.91 Å². The fourth-order valence-electron chi connectivity index (χ4n) is 2.54. The molecule has 0 aliphatic heterocycles. The normalized spacial score (nSPS) is 10.7. The number of para-hydroxylation sites is 1. The van der Waals surface area contributed by atoms with E-state index in [1.54, 1.807) is 0 Å². The fraction of sp³-hybridized carbons (Fsp3) is 0.211. The average molecular weight is 308 g/mol. The van der Waals surface area contributed by atoms with Gasteiger partial charge in [0.15, 0.2) is 0 Å². The molecule has 0 spiro atoms. The van der Waals surface area contributed by atoms with Crippen LogP contribution in [0.25, 0.3) is 11.0 Å². The first-order chi connectivity index (χ1) is 11.2. The number of fused-ring (bicyclic) bond motifs is 1. The number of rotatable bonds is 5. The van der Waals surface area contributed by atoms with Gasteiger partial charge in [0.25, 0.3) is 5.91 Å². The molecule has 4 nitrogen and oxygen atoms in total. The third-order valence-electron chi connectivity index (χ3n) is 3.63. The maximum absolute atomic E-state index is 12.6. The summed E-state index contributed by atoms with van der Waals surface area (Å²) in [6.07, 6.45) is 0.971. The van der Waals surface area contributed by atoms with Gasteiger partial charge < -0.3 is 15.1 Å². The minimum Gasteiger partial charge on any atom is -0.449 e. The van der Waals surface area contributed by atoms with E-state index in [0.717, 1.165) is 35.3 Å². The summed E-state index contributed by atoms with van der Waals surface area (Å²) >= 11 is 0. The molecule has 1 amide bonds. The van der Waals surface area contributed by atoms with Crippen molar-refractivity contribution in [3.05, 3.63) is 59.9 Å². The summed E-state index contributed by atoms with van der Waals surface area (Å²) in [5.41, 5.74) is 3.32. The van der Waals surface area contributed by atoms with Crippen LogP contribution >= 0.6 is 0 Å². The van der Waals surface area contributed by atoms with Crippen LogP contribution in [0.3, 0.4) is 0 Å². The highest BCUT2D eigenvalue weighted by atomic mass is 16.3. The Morgan fingerprint density at radius 1 is 1.13 bits per heavy atom. The molecule has 1 aromatic heterocycles. The second-order valence-corrected chi connectivity index (χ2v) is 5.55. The van der Waals surface area contributed by atoms with Crippen molar-refractivity contribution in [3.63, 3.8) is 0 Å². The maximum atomic E-state index is 12.6. The zero-order valence-electron chi connectivity index (χ0n) is 13.3. The molecule has 2 N–H and O–H groups in total. The molecule has 0 aliphatic rings. The van der Waals surface area contributed by atoms with Crippen molar-refractivity contribution in [2.45, 2.75) is 20.3 Å². The molecule has 3 rings (SSSR count). The monoisotopic (exact) mass is 308 g/mol. The van der Waals surface area contributed by atoms with Crippen LogP contribution in [0.15, 0.2) is 52.9 Å². The lowest BCUT2D eigenvalue weighted by Gasteiger charge is -2.07. The van der Waals surface area contributed by atoms with Crippen LogP contribution < -0.4 is 10.6 Å². The zero-order chi connectivity index (χ0) is 16.2. The van der Waals surface area contributed by atoms with Crippen molar-refractivity contribution in [3.8, 4) is 0 Å². The van der Waals surface area contributed by atoms with Gasteiger partial charge in [-0.1, -0.05) is 31.2 Å². The van der Waals surface area contributed by atoms with Crippen LogP contribution in [-0.2, 0) is 0 Å². The number of amides is 1. The predicted molar refractivity (Wildman–Crippen MR) is 94.1 cm³/mol. The number of anilines is 2. The lowest BCUT2D eigenvalue weighted by molar-refractivity contribution is 0.0999. The molecule has 0 aliphatic carbocycles. The Hall–Kier alpha value is -2.75. The molecule has 0 saturated carbocycles. The van der Waals surface area contributed by atoms with Crippen LogP contribution in [0.5, 0.6) is 0 Å². The number of hydrogen-bond donors (Lipinski definition) is 2. The molecular formula is C19H20N2O2. The van der Waals surface area contributed by atoms with Gasteiger partial charge in [-0.2, -0.15) is 0 Å². The predicted octanol–water partition coefficient (Wildman–Crippen LogP) is 4.82. The second kappa shape index (κ2) is 6.57. The van der Waals surface area contributed by atoms with Crippen molar-refractivity contribution in [1.29, 1.82) is 0 Å². The van der Waals surface area contributed by atoms with Gasteiger partial charge in [0.05, 0.1) is 5.69 Å². The molecule has 0 saturated heterocycles. The van der Waals surface area contributed by atoms with E-state index >= 15 is 0 Å². The highest BCUT2D eigenvalue weighted by Crippen LogP contribution is 2.31. The van der Waals surface area contributed by atoms with E-state index in [4.69, 9.17) is 4.42 Å². The lowest BCUT2D eigenvalue weighted by Crippen LogP contribution is -2.13. The minimum absolute atomic E-state index is 0.245. The number of nitrogens with one attached hydrogen (secondary N) is 2. The first-order valence-electron chi connectivity index (χ1n) is 7.82. The summed E-state index contributed by atoms with van der Waals surface area (Å²) in [4.78, 5) is 12.6. The standard InChI is InChI=1S/C19H20N2O2/c1-3-11-20-17-15-9-4-5-10-16(15)23-18(17)19(22)21-14-8-6-7-13(2)12-14/h4-10,12,20H,3,11H2,1-2H3,(H,21,22). The molecule has 0 fully saturated rings. The highest BCUT2D eigenvalue weighted by molar-refractivity contribution is 6.11. The second-order valence-electron chi connectivity index (χ2n) is 5.55. The summed E-state index contributed by atoms with van der Waals surface area (Å²) in [6.45, 7) is 4.86. The Bertz CT molecular complexity index is 836. The smallest absolute Gasteiger partial charge is 0.293 e. The van der Waals surface area contributed by atoms with E-state index in [9.17, 15) is 4.79 Å². The maximum Gasteiger partial charge on any atom is 0.293 e. The lowest BCUT2D eigenvalue weighted by atomic mass is 10.2. The number of hydrogen-bond acceptors (Lipinski definition) is 3. The SMILES string of the molecule is CCCNc1c(C(=O)Nc2cccc(C)c2)oc2ccccc12. The van der Waals surface area contributed by atoms with Crippen LogP contribution in [0.2, 0.25) is 0 Å². The summed E-state index contributed by atoms with van der Waals surface area (Å²) in [5, 5.41) is 7.14. The molecule has 23 heavy (non-hydrogen) atoms. The topological polar surface area (TPSA) is 54.3 Å². The number of furan rings is 1. The third-order valence-corrected chi connectivity index (χ3v) is 3.63. The quantitative estimate of drug-likeness (QED) is 0.711. The molecule has 0 bridgehead atoms. The Morgan fingerprint density at radius 2 is 1.96 bits per heavy atom. The number of benzene rings is 2. The zero-order valence-corrected chi connectivity index (χ0v) is 13.3. The van der Waals surface area contributed by atoms with E-state index in [1.165, 1.54) is 0 Å². The Morgan fingerprint density at radius 3 is 2.74 bits per heavy atom. The van der Waals surface area contributed by atoms with Gasteiger partial charge in [0.1, 0.15) is 5.58 Å². The molecule has 3 aromatic rings. The number of aryl methyl sites for hydroxylation is 1. The van der Waals surface area contributed by atoms with E-state index < -0.39 is 0 Å². The number of carbonyl (C=O) groups excluding carboxylic acids is 1. The Kier molecular flexibility index (Phi) is 4.33. The minimum atomic E-state index is -0.245. The van der Waals surface area contributed by atoms with Gasteiger partial charge in [-0.15, -0.1) is 0 Å². The molecule has 1 heterocycles. The van der Waals surface area contributed by atoms with Crippen molar-refractivity contribution >= 4 is 28.3 Å². The van der Waals surface area contributed by atoms with E-state index in [0.29, 0.717) is 11.3 Å². The van der Waals surface area contributed by atoms with Crippen molar-refractivity contribution in [2.75, 3.05) is 17.2 Å². The first-order valence-corrected chi connectivity index (χ1v) is 7.82. The summed E-state index contributed by atoms with van der Waals surface area (Å²) in [5.74, 6) is 0.0755. The van der Waals surface area contributed by atoms with E-state index in [1.807, 2.05) is 55.5 Å². The van der Waals surface area contributed by atoms with Gasteiger partial charge in [0, 0.05) is 17.6 Å². The van der Waals surface area contributed by atoms with Crippen molar-refractivity contribution in [2.24, 2.45) is 0 Å². The van der Waals surface area contributed by atoms with Gasteiger partial charge >= 0.3 is 0 Å². The molecule has 2 aromatic carbocycles. The van der Waals surface area contributed by atoms with Gasteiger partial charge in [-0.25, -0.2) is 0 Å². The molecule has 118 valence electrons. The first kappa shape index (κ1) is 15.2. The molecule has 0 radical (unpaired) electrons. The van der Waals surface area contributed by atoms with Crippen LogP contribution in [0.4, 0.5) is 11.4 Å². The Balaban J connectivity index is 1.95. The third kappa shape index (κ3) is 3.21. The van der Waals surface area contributed by atoms with Crippen molar-refractivity contribution in [1.82, 2.24) is 0 Å². The van der Waals surface area contributed by atoms with Crippen LogP contribution in [0.1, 0.15) is 29.5 Å². The number of carbonyl (C=O) groups is 1. The fourth-order valence-corrected chi connectivity index (χ4v) is 2.54. The summed E-state index contributed by atoms with van der Waals surface area (Å²) in [6, 6.07) is 15.4. The van der Waals surface area contributed by atoms with E-state index in [2.05, 4.69) is 17.6 Å². The summed E-state index contributed by atoms with van der Waals surface area (Å²) < 4.78 is 5.79. The molecule has 0 atom stereocenters. The Labute approximate surface area is 135 Å². The van der Waals surface area contributed by atoms with Crippen LogP contribution in [0, 0.1) is 6.92 Å². The van der Waals surface area contributed by atoms with Gasteiger partial charge in [-0.3, -0.25) is 4.79 Å².